The average molecular weight is 270 g/mol. The summed E-state index contributed by atoms with van der Waals surface area (Å²) in [5, 5.41) is 3.45. The summed E-state index contributed by atoms with van der Waals surface area (Å²) in [6.45, 7) is 3.20. The fourth-order valence-electron chi connectivity index (χ4n) is 2.31. The summed E-state index contributed by atoms with van der Waals surface area (Å²) >= 11 is 1.85. The summed E-state index contributed by atoms with van der Waals surface area (Å²) in [7, 11) is 2.14. The van der Waals surface area contributed by atoms with E-state index in [1.807, 2.05) is 11.8 Å². The lowest BCUT2D eigenvalue weighted by atomic mass is 10.2. The third-order valence-electron chi connectivity index (χ3n) is 3.35. The Hall–Kier alpha value is -1.61. The first-order chi connectivity index (χ1) is 9.29. The minimum Gasteiger partial charge on any atom is -0.385 e. The molecule has 0 spiro atoms. The minimum absolute atomic E-state index is 1.02. The zero-order chi connectivity index (χ0) is 13.2. The molecule has 0 amide bonds. The first-order valence-electron chi connectivity index (χ1n) is 6.68. The molecule has 1 aliphatic heterocycles. The van der Waals surface area contributed by atoms with Crippen molar-refractivity contribution in [2.75, 3.05) is 23.8 Å². The van der Waals surface area contributed by atoms with Crippen LogP contribution >= 0.6 is 11.8 Å². The normalized spacial score (nSPS) is 12.8. The van der Waals surface area contributed by atoms with Crippen molar-refractivity contribution < 1.29 is 0 Å². The molecule has 0 atom stereocenters. The van der Waals surface area contributed by atoms with E-state index in [1.165, 1.54) is 26.9 Å². The smallest absolute Gasteiger partial charge is 0.0570 e. The predicted molar refractivity (Wildman–Crippen MR) is 83.9 cm³/mol. The van der Waals surface area contributed by atoms with Crippen molar-refractivity contribution in [1.29, 1.82) is 0 Å². The summed E-state index contributed by atoms with van der Waals surface area (Å²) in [6, 6.07) is 15.2. The lowest BCUT2D eigenvalue weighted by molar-refractivity contribution is 0.978. The lowest BCUT2D eigenvalue weighted by Crippen LogP contribution is -2.14. The Labute approximate surface area is 118 Å². The maximum Gasteiger partial charge on any atom is 0.0570 e. The highest BCUT2D eigenvalue weighted by molar-refractivity contribution is 7.99. The number of rotatable bonds is 3. The van der Waals surface area contributed by atoms with Crippen LogP contribution in [-0.4, -0.2) is 13.6 Å². The molecular formula is C16H18N2S. The molecule has 2 nitrogen and oxygen atoms in total. The summed E-state index contributed by atoms with van der Waals surface area (Å²) < 4.78 is 0. The number of nitrogens with one attached hydrogen (secondary N) is 1. The molecule has 0 unspecified atom stereocenters. The largest absolute Gasteiger partial charge is 0.385 e. The summed E-state index contributed by atoms with van der Waals surface area (Å²) in [5.74, 6) is 0. The Bertz CT molecular complexity index is 595. The second-order valence-corrected chi connectivity index (χ2v) is 5.82. The molecule has 0 radical (unpaired) electrons. The van der Waals surface area contributed by atoms with Gasteiger partial charge in [-0.3, -0.25) is 0 Å². The third-order valence-corrected chi connectivity index (χ3v) is 4.48. The standard InChI is InChI=1S/C16H18N2S/c1-3-10-17-12-8-9-16-14(11-12)18(2)13-6-4-5-7-15(13)19-16/h4-9,11,17H,3,10H2,1-2H3. The van der Waals surface area contributed by atoms with Gasteiger partial charge in [0.15, 0.2) is 0 Å². The van der Waals surface area contributed by atoms with Crippen molar-refractivity contribution in [3.8, 4) is 0 Å². The van der Waals surface area contributed by atoms with Crippen LogP contribution in [0.25, 0.3) is 0 Å². The van der Waals surface area contributed by atoms with Gasteiger partial charge in [0.1, 0.15) is 0 Å². The van der Waals surface area contributed by atoms with Gasteiger partial charge < -0.3 is 10.2 Å². The zero-order valence-corrected chi connectivity index (χ0v) is 12.1. The van der Waals surface area contributed by atoms with Gasteiger partial charge in [0.2, 0.25) is 0 Å². The number of nitrogens with zero attached hydrogens (tertiary/aromatic N) is 1. The van der Waals surface area contributed by atoms with Crippen molar-refractivity contribution in [3.05, 3.63) is 42.5 Å². The van der Waals surface area contributed by atoms with Crippen LogP contribution in [0, 0.1) is 0 Å². The topological polar surface area (TPSA) is 15.3 Å². The van der Waals surface area contributed by atoms with E-state index in [0.717, 1.165) is 13.0 Å². The predicted octanol–water partition coefficient (Wildman–Crippen LogP) is 4.74. The van der Waals surface area contributed by atoms with Gasteiger partial charge >= 0.3 is 0 Å². The Morgan fingerprint density at radius 3 is 2.68 bits per heavy atom. The Morgan fingerprint density at radius 2 is 1.84 bits per heavy atom. The van der Waals surface area contributed by atoms with Crippen LogP contribution in [0.5, 0.6) is 0 Å². The van der Waals surface area contributed by atoms with E-state index < -0.39 is 0 Å². The maximum absolute atomic E-state index is 3.45. The van der Waals surface area contributed by atoms with Crippen molar-refractivity contribution in [1.82, 2.24) is 0 Å². The highest BCUT2D eigenvalue weighted by Crippen LogP contribution is 2.47. The van der Waals surface area contributed by atoms with Crippen LogP contribution in [0.4, 0.5) is 17.1 Å². The molecule has 1 heterocycles. The van der Waals surface area contributed by atoms with Gasteiger partial charge in [-0.1, -0.05) is 30.8 Å². The molecule has 0 fully saturated rings. The molecular weight excluding hydrogens is 252 g/mol. The molecule has 2 aromatic rings. The first-order valence-corrected chi connectivity index (χ1v) is 7.50. The fourth-order valence-corrected chi connectivity index (χ4v) is 3.44. The quantitative estimate of drug-likeness (QED) is 0.867. The molecule has 0 saturated carbocycles. The Balaban J connectivity index is 1.97. The molecule has 0 aliphatic carbocycles. The molecule has 2 aromatic carbocycles. The van der Waals surface area contributed by atoms with E-state index in [4.69, 9.17) is 0 Å². The number of hydrogen-bond donors (Lipinski definition) is 1. The summed E-state index contributed by atoms with van der Waals surface area (Å²) in [5.41, 5.74) is 3.77. The summed E-state index contributed by atoms with van der Waals surface area (Å²) in [4.78, 5) is 4.92. The molecule has 3 rings (SSSR count). The Morgan fingerprint density at radius 1 is 1.05 bits per heavy atom. The number of fused-ring (bicyclic) bond motifs is 2. The van der Waals surface area contributed by atoms with Crippen molar-refractivity contribution >= 4 is 28.8 Å². The van der Waals surface area contributed by atoms with E-state index in [2.05, 4.69) is 66.7 Å². The molecule has 19 heavy (non-hydrogen) atoms. The molecule has 3 heteroatoms. The molecule has 1 aliphatic rings. The van der Waals surface area contributed by atoms with Crippen molar-refractivity contribution in [3.63, 3.8) is 0 Å². The van der Waals surface area contributed by atoms with Gasteiger partial charge in [0.25, 0.3) is 0 Å². The fraction of sp³-hybridized carbons (Fsp3) is 0.250. The van der Waals surface area contributed by atoms with E-state index in [9.17, 15) is 0 Å². The van der Waals surface area contributed by atoms with Gasteiger partial charge in [-0.2, -0.15) is 0 Å². The average Bonchev–Trinajstić information content (AvgIpc) is 2.46. The first kappa shape index (κ1) is 12.4. The minimum atomic E-state index is 1.02. The van der Waals surface area contributed by atoms with Crippen molar-refractivity contribution in [2.45, 2.75) is 23.1 Å². The molecule has 0 aromatic heterocycles. The van der Waals surface area contributed by atoms with E-state index >= 15 is 0 Å². The van der Waals surface area contributed by atoms with Gasteiger partial charge in [0.05, 0.1) is 11.4 Å². The van der Waals surface area contributed by atoms with Gasteiger partial charge in [-0.15, -0.1) is 0 Å². The molecule has 1 N–H and O–H groups in total. The maximum atomic E-state index is 3.45. The number of para-hydroxylation sites is 1. The summed E-state index contributed by atoms with van der Waals surface area (Å²) in [6.07, 6.45) is 1.14. The molecule has 0 bridgehead atoms. The molecule has 98 valence electrons. The zero-order valence-electron chi connectivity index (χ0n) is 11.3. The van der Waals surface area contributed by atoms with E-state index in [0.29, 0.717) is 0 Å². The van der Waals surface area contributed by atoms with Gasteiger partial charge in [-0.05, 0) is 36.8 Å². The Kier molecular flexibility index (Phi) is 3.38. The molecule has 0 saturated heterocycles. The van der Waals surface area contributed by atoms with Gasteiger partial charge in [0, 0.05) is 29.1 Å². The van der Waals surface area contributed by atoms with Gasteiger partial charge in [-0.25, -0.2) is 0 Å². The van der Waals surface area contributed by atoms with Crippen LogP contribution in [-0.2, 0) is 0 Å². The van der Waals surface area contributed by atoms with E-state index in [1.54, 1.807) is 0 Å². The second-order valence-electron chi connectivity index (χ2n) is 4.74. The highest BCUT2D eigenvalue weighted by Gasteiger charge is 2.20. The number of hydrogen-bond acceptors (Lipinski definition) is 3. The SMILES string of the molecule is CCCNc1ccc2c(c1)N(C)c1ccccc1S2. The highest BCUT2D eigenvalue weighted by atomic mass is 32.2. The number of anilines is 3. The lowest BCUT2D eigenvalue weighted by Gasteiger charge is -2.29. The monoisotopic (exact) mass is 270 g/mol. The van der Waals surface area contributed by atoms with Crippen molar-refractivity contribution in [2.24, 2.45) is 0 Å². The van der Waals surface area contributed by atoms with Crippen LogP contribution < -0.4 is 10.2 Å². The van der Waals surface area contributed by atoms with Crippen LogP contribution in [0.15, 0.2) is 52.3 Å². The van der Waals surface area contributed by atoms with E-state index in [-0.39, 0.29) is 0 Å². The van der Waals surface area contributed by atoms with Crippen LogP contribution in [0.3, 0.4) is 0 Å². The third kappa shape index (κ3) is 2.30. The van der Waals surface area contributed by atoms with Crippen LogP contribution in [0.2, 0.25) is 0 Å². The van der Waals surface area contributed by atoms with Crippen LogP contribution in [0.1, 0.15) is 13.3 Å². The number of benzene rings is 2. The second kappa shape index (κ2) is 5.17.